The van der Waals surface area contributed by atoms with Crippen molar-refractivity contribution >= 4 is 0 Å². The number of hydrogen-bond donors (Lipinski definition) is 2. The Morgan fingerprint density at radius 1 is 1.73 bits per heavy atom. The normalized spacial score (nSPS) is 16.3. The van der Waals surface area contributed by atoms with Crippen LogP contribution in [0, 0.1) is 5.92 Å². The fourth-order valence-electron chi connectivity index (χ4n) is 0.899. The van der Waals surface area contributed by atoms with Gasteiger partial charge in [0.1, 0.15) is 12.2 Å². The first-order valence-electron chi connectivity index (χ1n) is 3.86. The van der Waals surface area contributed by atoms with Crippen LogP contribution in [0.1, 0.15) is 32.1 Å². The summed E-state index contributed by atoms with van der Waals surface area (Å²) in [6, 6.07) is -0.0116. The highest BCUT2D eigenvalue weighted by atomic mass is 15.2. The maximum absolute atomic E-state index is 5.86. The van der Waals surface area contributed by atoms with E-state index in [0.717, 1.165) is 12.2 Å². The van der Waals surface area contributed by atoms with E-state index in [1.54, 1.807) is 0 Å². The standard InChI is InChI=1S/C7H14N4/c1-3-5(2)6(8)7-9-4-10-11-7/h4-6H,3,8H2,1-2H3,(H,9,10,11)/t5-,6-/m0/s1. The Balaban J connectivity index is 2.62. The summed E-state index contributed by atoms with van der Waals surface area (Å²) >= 11 is 0. The highest BCUT2D eigenvalue weighted by Gasteiger charge is 2.14. The van der Waals surface area contributed by atoms with Gasteiger partial charge in [-0.05, 0) is 5.92 Å². The molecule has 0 unspecified atom stereocenters. The predicted octanol–water partition coefficient (Wildman–Crippen LogP) is 0.851. The van der Waals surface area contributed by atoms with Crippen LogP contribution in [0.2, 0.25) is 0 Å². The van der Waals surface area contributed by atoms with Gasteiger partial charge in [0.05, 0.1) is 6.04 Å². The molecule has 0 aromatic carbocycles. The van der Waals surface area contributed by atoms with E-state index in [1.165, 1.54) is 6.33 Å². The molecule has 0 saturated heterocycles. The molecule has 2 atom stereocenters. The van der Waals surface area contributed by atoms with E-state index in [2.05, 4.69) is 29.0 Å². The molecule has 1 rings (SSSR count). The Kier molecular flexibility index (Phi) is 2.59. The van der Waals surface area contributed by atoms with Crippen LogP contribution < -0.4 is 5.73 Å². The van der Waals surface area contributed by atoms with E-state index < -0.39 is 0 Å². The molecule has 0 amide bonds. The smallest absolute Gasteiger partial charge is 0.141 e. The average molecular weight is 154 g/mol. The molecule has 3 N–H and O–H groups in total. The van der Waals surface area contributed by atoms with Crippen molar-refractivity contribution in [3.63, 3.8) is 0 Å². The third-order valence-corrected chi connectivity index (χ3v) is 2.01. The van der Waals surface area contributed by atoms with Gasteiger partial charge in [0.15, 0.2) is 0 Å². The summed E-state index contributed by atoms with van der Waals surface area (Å²) in [6.07, 6.45) is 2.54. The summed E-state index contributed by atoms with van der Waals surface area (Å²) in [6.45, 7) is 4.22. The zero-order valence-corrected chi connectivity index (χ0v) is 6.91. The van der Waals surface area contributed by atoms with E-state index in [1.807, 2.05) is 0 Å². The van der Waals surface area contributed by atoms with Crippen molar-refractivity contribution in [2.75, 3.05) is 0 Å². The zero-order chi connectivity index (χ0) is 8.27. The molecule has 0 spiro atoms. The van der Waals surface area contributed by atoms with Crippen LogP contribution in [0.15, 0.2) is 6.33 Å². The molecule has 1 heterocycles. The molecular formula is C7H14N4. The molecule has 0 bridgehead atoms. The minimum atomic E-state index is -0.0116. The number of H-pyrrole nitrogens is 1. The van der Waals surface area contributed by atoms with Crippen molar-refractivity contribution in [2.24, 2.45) is 11.7 Å². The molecule has 0 aliphatic carbocycles. The van der Waals surface area contributed by atoms with Gasteiger partial charge < -0.3 is 5.73 Å². The van der Waals surface area contributed by atoms with Crippen LogP contribution in [0.3, 0.4) is 0 Å². The third-order valence-electron chi connectivity index (χ3n) is 2.01. The van der Waals surface area contributed by atoms with Crippen molar-refractivity contribution in [2.45, 2.75) is 26.3 Å². The Labute approximate surface area is 66.2 Å². The second-order valence-corrected chi connectivity index (χ2v) is 2.78. The quantitative estimate of drug-likeness (QED) is 0.678. The largest absolute Gasteiger partial charge is 0.321 e. The Morgan fingerprint density at radius 3 is 2.91 bits per heavy atom. The third kappa shape index (κ3) is 1.77. The Bertz CT molecular complexity index is 194. The van der Waals surface area contributed by atoms with Crippen LogP contribution in [-0.4, -0.2) is 15.2 Å². The minimum absolute atomic E-state index is 0.0116. The SMILES string of the molecule is CC[C@H](C)[C@H](N)c1ncn[nH]1. The van der Waals surface area contributed by atoms with Crippen molar-refractivity contribution in [1.82, 2.24) is 15.2 Å². The summed E-state index contributed by atoms with van der Waals surface area (Å²) in [5.74, 6) is 1.22. The molecular weight excluding hydrogens is 140 g/mol. The highest BCUT2D eigenvalue weighted by Crippen LogP contribution is 2.17. The van der Waals surface area contributed by atoms with Gasteiger partial charge in [-0.3, -0.25) is 5.10 Å². The summed E-state index contributed by atoms with van der Waals surface area (Å²) in [5, 5.41) is 6.51. The van der Waals surface area contributed by atoms with E-state index in [0.29, 0.717) is 5.92 Å². The van der Waals surface area contributed by atoms with Crippen LogP contribution in [0.25, 0.3) is 0 Å². The van der Waals surface area contributed by atoms with Gasteiger partial charge >= 0.3 is 0 Å². The summed E-state index contributed by atoms with van der Waals surface area (Å²) in [5.41, 5.74) is 5.86. The molecule has 0 aliphatic heterocycles. The second kappa shape index (κ2) is 3.48. The lowest BCUT2D eigenvalue weighted by Crippen LogP contribution is -2.19. The van der Waals surface area contributed by atoms with Crippen molar-refractivity contribution in [1.29, 1.82) is 0 Å². The van der Waals surface area contributed by atoms with Crippen LogP contribution in [-0.2, 0) is 0 Å². The molecule has 1 aromatic heterocycles. The first-order chi connectivity index (χ1) is 5.25. The molecule has 11 heavy (non-hydrogen) atoms. The first-order valence-corrected chi connectivity index (χ1v) is 3.86. The van der Waals surface area contributed by atoms with Crippen molar-refractivity contribution in [3.05, 3.63) is 12.2 Å². The number of aromatic amines is 1. The molecule has 4 nitrogen and oxygen atoms in total. The fourth-order valence-corrected chi connectivity index (χ4v) is 0.899. The summed E-state index contributed by atoms with van der Waals surface area (Å²) < 4.78 is 0. The zero-order valence-electron chi connectivity index (χ0n) is 6.91. The highest BCUT2D eigenvalue weighted by molar-refractivity contribution is 4.91. The van der Waals surface area contributed by atoms with Gasteiger partial charge in [0.25, 0.3) is 0 Å². The molecule has 62 valence electrons. The number of nitrogens with one attached hydrogen (secondary N) is 1. The average Bonchev–Trinajstić information content (AvgIpc) is 2.53. The minimum Gasteiger partial charge on any atom is -0.321 e. The van der Waals surface area contributed by atoms with Gasteiger partial charge in [0, 0.05) is 0 Å². The molecule has 1 aromatic rings. The fraction of sp³-hybridized carbons (Fsp3) is 0.714. The molecule has 0 aliphatic rings. The van der Waals surface area contributed by atoms with Crippen LogP contribution in [0.4, 0.5) is 0 Å². The van der Waals surface area contributed by atoms with Gasteiger partial charge in [-0.15, -0.1) is 0 Å². The first kappa shape index (κ1) is 8.20. The lowest BCUT2D eigenvalue weighted by atomic mass is 10.00. The van der Waals surface area contributed by atoms with Gasteiger partial charge in [0.2, 0.25) is 0 Å². The van der Waals surface area contributed by atoms with Crippen LogP contribution >= 0.6 is 0 Å². The van der Waals surface area contributed by atoms with E-state index in [-0.39, 0.29) is 6.04 Å². The van der Waals surface area contributed by atoms with Crippen molar-refractivity contribution < 1.29 is 0 Å². The Morgan fingerprint density at radius 2 is 2.45 bits per heavy atom. The maximum atomic E-state index is 5.86. The Hall–Kier alpha value is -0.900. The van der Waals surface area contributed by atoms with E-state index >= 15 is 0 Å². The molecule has 0 fully saturated rings. The number of rotatable bonds is 3. The van der Waals surface area contributed by atoms with E-state index in [4.69, 9.17) is 5.73 Å². The molecule has 0 saturated carbocycles. The topological polar surface area (TPSA) is 67.6 Å². The number of hydrogen-bond acceptors (Lipinski definition) is 3. The predicted molar refractivity (Wildman–Crippen MR) is 42.8 cm³/mol. The second-order valence-electron chi connectivity index (χ2n) is 2.78. The molecule has 4 heteroatoms. The lowest BCUT2D eigenvalue weighted by molar-refractivity contribution is 0.440. The van der Waals surface area contributed by atoms with Gasteiger partial charge in [-0.1, -0.05) is 20.3 Å². The number of nitrogens with two attached hydrogens (primary N) is 1. The number of nitrogens with zero attached hydrogens (tertiary/aromatic N) is 2. The summed E-state index contributed by atoms with van der Waals surface area (Å²) in [7, 11) is 0. The molecule has 0 radical (unpaired) electrons. The number of aromatic nitrogens is 3. The van der Waals surface area contributed by atoms with Crippen molar-refractivity contribution in [3.8, 4) is 0 Å². The van der Waals surface area contributed by atoms with Gasteiger partial charge in [-0.25, -0.2) is 4.98 Å². The monoisotopic (exact) mass is 154 g/mol. The van der Waals surface area contributed by atoms with Crippen LogP contribution in [0.5, 0.6) is 0 Å². The van der Waals surface area contributed by atoms with E-state index in [9.17, 15) is 0 Å². The maximum Gasteiger partial charge on any atom is 0.141 e. The lowest BCUT2D eigenvalue weighted by Gasteiger charge is -2.14. The van der Waals surface area contributed by atoms with Gasteiger partial charge in [-0.2, -0.15) is 5.10 Å². The summed E-state index contributed by atoms with van der Waals surface area (Å²) in [4.78, 5) is 3.99.